The van der Waals surface area contributed by atoms with E-state index in [0.717, 1.165) is 102 Å². The van der Waals surface area contributed by atoms with E-state index >= 15 is 0 Å². The first-order valence-corrected chi connectivity index (χ1v) is 46.5. The number of phosphoric acid groups is 2. The van der Waals surface area contributed by atoms with Crippen molar-refractivity contribution in [2.75, 3.05) is 39.6 Å². The molecule has 612 valence electrons. The lowest BCUT2D eigenvalue weighted by atomic mass is 10.0. The predicted molar refractivity (Wildman–Crippen MR) is 423 cm³/mol. The molecule has 103 heavy (non-hydrogen) atoms. The normalized spacial score (nSPS) is 13.9. The highest BCUT2D eigenvalue weighted by Crippen LogP contribution is 2.45. The second-order valence-electron chi connectivity index (χ2n) is 31.2. The summed E-state index contributed by atoms with van der Waals surface area (Å²) in [5.41, 5.74) is 0. The van der Waals surface area contributed by atoms with E-state index in [1.165, 1.54) is 263 Å². The van der Waals surface area contributed by atoms with Crippen LogP contribution in [0.25, 0.3) is 0 Å². The zero-order chi connectivity index (χ0) is 75.6. The van der Waals surface area contributed by atoms with Crippen LogP contribution in [0.15, 0.2) is 0 Å². The standard InChI is InChI=1S/C84H164O17P2/c1-7-9-11-13-15-17-18-19-20-21-22-23-24-25-26-27-32-38-44-50-56-62-68-83(88)101-80(73-95-82(87)67-61-55-49-43-37-33-28-30-35-41-46-52-58-64-76(3)4)75-99-103(92,93)97-71-78(85)70-96-102(90,91)98-74-79(72-94-81(86)66-60-54-48-40-16-14-12-10-8-2)100-84(89)69-63-57-51-45-39-34-29-31-36-42-47-53-59-65-77(5)6/h76-80,85H,7-75H2,1-6H3,(H,90,91)(H,92,93)/t78-,79+,80+/m0/s1. The summed E-state index contributed by atoms with van der Waals surface area (Å²) in [6, 6.07) is 0. The van der Waals surface area contributed by atoms with Crippen LogP contribution in [-0.2, 0) is 65.4 Å². The molecule has 17 nitrogen and oxygen atoms in total. The minimum absolute atomic E-state index is 0.107. The van der Waals surface area contributed by atoms with Crippen molar-refractivity contribution in [1.29, 1.82) is 0 Å². The van der Waals surface area contributed by atoms with Crippen LogP contribution in [0, 0.1) is 11.8 Å². The first-order valence-electron chi connectivity index (χ1n) is 43.5. The molecule has 0 aliphatic carbocycles. The molecule has 0 heterocycles. The Labute approximate surface area is 632 Å². The Hall–Kier alpha value is -1.94. The van der Waals surface area contributed by atoms with Gasteiger partial charge in [-0.05, 0) is 37.5 Å². The molecule has 0 aliphatic heterocycles. The third kappa shape index (κ3) is 78.0. The number of carbonyl (C=O) groups excluding carboxylic acids is 4. The molecule has 0 bridgehead atoms. The highest BCUT2D eigenvalue weighted by molar-refractivity contribution is 7.47. The fourth-order valence-electron chi connectivity index (χ4n) is 13.1. The van der Waals surface area contributed by atoms with Crippen molar-refractivity contribution in [3.63, 3.8) is 0 Å². The molecule has 0 spiro atoms. The zero-order valence-corrected chi connectivity index (χ0v) is 69.4. The largest absolute Gasteiger partial charge is 0.472 e. The Bertz CT molecular complexity index is 1980. The molecule has 19 heteroatoms. The summed E-state index contributed by atoms with van der Waals surface area (Å²) >= 11 is 0. The van der Waals surface area contributed by atoms with Crippen LogP contribution < -0.4 is 0 Å². The molecule has 0 saturated carbocycles. The average Bonchev–Trinajstić information content (AvgIpc) is 1.06. The Morgan fingerprint density at radius 2 is 0.447 bits per heavy atom. The summed E-state index contributed by atoms with van der Waals surface area (Å²) in [5, 5.41) is 10.7. The number of carbonyl (C=O) groups is 4. The van der Waals surface area contributed by atoms with Gasteiger partial charge < -0.3 is 33.8 Å². The minimum atomic E-state index is -4.96. The first kappa shape index (κ1) is 101. The van der Waals surface area contributed by atoms with Crippen molar-refractivity contribution in [2.24, 2.45) is 11.8 Å². The topological polar surface area (TPSA) is 237 Å². The van der Waals surface area contributed by atoms with Gasteiger partial charge in [0.2, 0.25) is 0 Å². The molecule has 0 aromatic carbocycles. The maximum Gasteiger partial charge on any atom is 0.472 e. The molecule has 5 atom stereocenters. The number of aliphatic hydroxyl groups is 1. The molecule has 0 radical (unpaired) electrons. The molecule has 0 amide bonds. The molecular formula is C84H164O17P2. The second kappa shape index (κ2) is 75.5. The van der Waals surface area contributed by atoms with Gasteiger partial charge in [0.05, 0.1) is 26.4 Å². The van der Waals surface area contributed by atoms with Gasteiger partial charge in [-0.1, -0.05) is 395 Å². The number of unbranched alkanes of at least 4 members (excludes halogenated alkanes) is 53. The molecule has 0 aromatic heterocycles. The van der Waals surface area contributed by atoms with Gasteiger partial charge in [-0.3, -0.25) is 37.3 Å². The van der Waals surface area contributed by atoms with Gasteiger partial charge >= 0.3 is 39.5 Å². The molecule has 0 aromatic rings. The highest BCUT2D eigenvalue weighted by Gasteiger charge is 2.30. The van der Waals surface area contributed by atoms with Gasteiger partial charge in [0.25, 0.3) is 0 Å². The molecule has 0 aliphatic rings. The van der Waals surface area contributed by atoms with E-state index in [2.05, 4.69) is 41.5 Å². The smallest absolute Gasteiger partial charge is 0.462 e. The lowest BCUT2D eigenvalue weighted by Gasteiger charge is -2.21. The number of esters is 4. The number of hydrogen-bond donors (Lipinski definition) is 3. The van der Waals surface area contributed by atoms with Gasteiger partial charge in [0.15, 0.2) is 12.2 Å². The third-order valence-electron chi connectivity index (χ3n) is 19.7. The highest BCUT2D eigenvalue weighted by atomic mass is 31.2. The summed E-state index contributed by atoms with van der Waals surface area (Å²) in [5.74, 6) is -0.529. The molecule has 2 unspecified atom stereocenters. The van der Waals surface area contributed by atoms with Crippen LogP contribution in [0.5, 0.6) is 0 Å². The van der Waals surface area contributed by atoms with Crippen molar-refractivity contribution < 1.29 is 80.2 Å². The molecule has 0 rings (SSSR count). The fourth-order valence-corrected chi connectivity index (χ4v) is 14.6. The van der Waals surface area contributed by atoms with Crippen LogP contribution in [-0.4, -0.2) is 96.7 Å². The summed E-state index contributed by atoms with van der Waals surface area (Å²) < 4.78 is 68.8. The predicted octanol–water partition coefficient (Wildman–Crippen LogP) is 25.5. The van der Waals surface area contributed by atoms with Gasteiger partial charge in [0, 0.05) is 25.7 Å². The third-order valence-corrected chi connectivity index (χ3v) is 21.6. The van der Waals surface area contributed by atoms with E-state index < -0.39 is 97.5 Å². The van der Waals surface area contributed by atoms with Gasteiger partial charge in [-0.25, -0.2) is 9.13 Å². The maximum atomic E-state index is 13.1. The van der Waals surface area contributed by atoms with Crippen LogP contribution in [0.1, 0.15) is 446 Å². The Kier molecular flexibility index (Phi) is 74.1. The van der Waals surface area contributed by atoms with Gasteiger partial charge in [-0.15, -0.1) is 0 Å². The monoisotopic (exact) mass is 1510 g/mol. The van der Waals surface area contributed by atoms with E-state index in [4.69, 9.17) is 37.0 Å². The SMILES string of the molecule is CCCCCCCCCCCCCCCCCCCCCCCCC(=O)O[C@H](COC(=O)CCCCCCCCCCCCCCCC(C)C)COP(=O)(O)OC[C@@H](O)COP(=O)(O)OC[C@@H](COC(=O)CCCCCCCCCCC)OC(=O)CCCCCCCCCCCCCCCC(C)C. The van der Waals surface area contributed by atoms with Crippen molar-refractivity contribution >= 4 is 39.5 Å². The van der Waals surface area contributed by atoms with E-state index in [-0.39, 0.29) is 25.7 Å². The van der Waals surface area contributed by atoms with Crippen LogP contribution >= 0.6 is 15.6 Å². The van der Waals surface area contributed by atoms with Crippen LogP contribution in [0.2, 0.25) is 0 Å². The Balaban J connectivity index is 5.20. The summed E-state index contributed by atoms with van der Waals surface area (Å²) in [6.45, 7) is 9.67. The quantitative estimate of drug-likeness (QED) is 0.0222. The molecule has 3 N–H and O–H groups in total. The second-order valence-corrected chi connectivity index (χ2v) is 34.1. The summed E-state index contributed by atoms with van der Waals surface area (Å²) in [7, 11) is -9.92. The Morgan fingerprint density at radius 3 is 0.660 bits per heavy atom. The van der Waals surface area contributed by atoms with E-state index in [0.29, 0.717) is 25.7 Å². The maximum absolute atomic E-state index is 13.1. The number of hydrogen-bond acceptors (Lipinski definition) is 15. The number of aliphatic hydroxyl groups excluding tert-OH is 1. The van der Waals surface area contributed by atoms with Crippen molar-refractivity contribution in [2.45, 2.75) is 464 Å². The lowest BCUT2D eigenvalue weighted by molar-refractivity contribution is -0.161. The van der Waals surface area contributed by atoms with E-state index in [9.17, 15) is 43.2 Å². The fraction of sp³-hybridized carbons (Fsp3) is 0.952. The molecule has 0 saturated heterocycles. The van der Waals surface area contributed by atoms with E-state index in [1.807, 2.05) is 0 Å². The van der Waals surface area contributed by atoms with Gasteiger partial charge in [-0.2, -0.15) is 0 Å². The molecular weight excluding hydrogens is 1340 g/mol. The molecule has 0 fully saturated rings. The lowest BCUT2D eigenvalue weighted by Crippen LogP contribution is -2.30. The summed E-state index contributed by atoms with van der Waals surface area (Å²) in [4.78, 5) is 73.1. The minimum Gasteiger partial charge on any atom is -0.462 e. The Morgan fingerprint density at radius 1 is 0.262 bits per heavy atom. The van der Waals surface area contributed by atoms with Crippen LogP contribution in [0.3, 0.4) is 0 Å². The first-order chi connectivity index (χ1) is 49.9. The number of rotatable bonds is 83. The number of ether oxygens (including phenoxy) is 4. The number of phosphoric ester groups is 2. The van der Waals surface area contributed by atoms with Gasteiger partial charge in [0.1, 0.15) is 19.3 Å². The van der Waals surface area contributed by atoms with Crippen molar-refractivity contribution in [3.05, 3.63) is 0 Å². The zero-order valence-electron chi connectivity index (χ0n) is 67.6. The average molecular weight is 1510 g/mol. The van der Waals surface area contributed by atoms with Crippen LogP contribution in [0.4, 0.5) is 0 Å². The van der Waals surface area contributed by atoms with Crippen molar-refractivity contribution in [3.8, 4) is 0 Å². The van der Waals surface area contributed by atoms with Crippen molar-refractivity contribution in [1.82, 2.24) is 0 Å². The summed E-state index contributed by atoms with van der Waals surface area (Å²) in [6.07, 6.45) is 66.7. The van der Waals surface area contributed by atoms with E-state index in [1.54, 1.807) is 0 Å².